The van der Waals surface area contributed by atoms with Crippen molar-refractivity contribution >= 4 is 0 Å². The highest BCUT2D eigenvalue weighted by molar-refractivity contribution is 4.93. The zero-order valence-electron chi connectivity index (χ0n) is 23.4. The molecule has 0 aliphatic carbocycles. The normalized spacial score (nSPS) is 12.5. The minimum absolute atomic E-state index is 0.729. The number of nitrogens with zero attached hydrogens (tertiary/aromatic N) is 2. The highest BCUT2D eigenvalue weighted by Gasteiger charge is 2.24. The predicted octanol–water partition coefficient (Wildman–Crippen LogP) is 10.1. The maximum atomic E-state index is 2.59. The third-order valence-corrected chi connectivity index (χ3v) is 7.62. The van der Waals surface area contributed by atoms with Crippen molar-refractivity contribution in [2.75, 3.05) is 0 Å². The first-order chi connectivity index (χ1) is 16.3. The van der Waals surface area contributed by atoms with Crippen molar-refractivity contribution in [2.24, 2.45) is 0 Å². The molecule has 0 amide bonds. The monoisotopic (exact) mass is 461 g/mol. The fourth-order valence-electron chi connectivity index (χ4n) is 5.39. The standard InChI is InChI=1S/C31H61N2/c1-5-9-11-12-13-14-15-16-17-18-19-20-21-22-23-25-27-33-29-28-32(8-4)31(33)30(7-3)26-24-10-6-2/h28-30H,5-27H2,1-4H3/q+1. The van der Waals surface area contributed by atoms with Gasteiger partial charge in [-0.05, 0) is 32.6 Å². The maximum Gasteiger partial charge on any atom is 0.259 e. The Morgan fingerprint density at radius 1 is 0.606 bits per heavy atom. The van der Waals surface area contributed by atoms with Crippen LogP contribution in [0, 0.1) is 0 Å². The zero-order chi connectivity index (χ0) is 24.0. The molecule has 0 saturated heterocycles. The summed E-state index contributed by atoms with van der Waals surface area (Å²) in [5, 5.41) is 0. The Labute approximate surface area is 208 Å². The highest BCUT2D eigenvalue weighted by atomic mass is 15.1. The summed E-state index contributed by atoms with van der Waals surface area (Å²) in [6.45, 7) is 11.6. The maximum absolute atomic E-state index is 2.59. The van der Waals surface area contributed by atoms with Crippen molar-refractivity contribution in [3.8, 4) is 0 Å². The van der Waals surface area contributed by atoms with Gasteiger partial charge in [-0.15, -0.1) is 0 Å². The van der Waals surface area contributed by atoms with Crippen molar-refractivity contribution in [3.63, 3.8) is 0 Å². The molecule has 0 fully saturated rings. The lowest BCUT2D eigenvalue weighted by Gasteiger charge is -2.14. The molecular weight excluding hydrogens is 400 g/mol. The van der Waals surface area contributed by atoms with Crippen molar-refractivity contribution in [1.29, 1.82) is 0 Å². The van der Waals surface area contributed by atoms with E-state index in [2.05, 4.69) is 49.2 Å². The summed E-state index contributed by atoms with van der Waals surface area (Å²) in [4.78, 5) is 0. The first kappa shape index (κ1) is 30.2. The molecule has 0 radical (unpaired) electrons. The van der Waals surface area contributed by atoms with E-state index in [1.165, 1.54) is 141 Å². The van der Waals surface area contributed by atoms with Crippen molar-refractivity contribution in [3.05, 3.63) is 18.2 Å². The Hall–Kier alpha value is -0.790. The molecule has 194 valence electrons. The molecule has 1 rings (SSSR count). The Kier molecular flexibility index (Phi) is 19.9. The van der Waals surface area contributed by atoms with Gasteiger partial charge in [0.2, 0.25) is 0 Å². The minimum Gasteiger partial charge on any atom is -0.234 e. The van der Waals surface area contributed by atoms with E-state index in [1.54, 1.807) is 5.82 Å². The van der Waals surface area contributed by atoms with Crippen molar-refractivity contribution < 1.29 is 4.57 Å². The van der Waals surface area contributed by atoms with Crippen LogP contribution in [-0.2, 0) is 13.1 Å². The van der Waals surface area contributed by atoms with Gasteiger partial charge in [-0.1, -0.05) is 130 Å². The van der Waals surface area contributed by atoms with Crippen LogP contribution < -0.4 is 4.57 Å². The second-order valence-electron chi connectivity index (χ2n) is 10.5. The van der Waals surface area contributed by atoms with Crippen LogP contribution >= 0.6 is 0 Å². The molecule has 33 heavy (non-hydrogen) atoms. The van der Waals surface area contributed by atoms with Gasteiger partial charge in [-0.25, -0.2) is 9.13 Å². The SMILES string of the molecule is CCCCCCCCCCCCCCCCCC[n+]1ccn(CC)c1C(CC)CCCCC. The number of unbranched alkanes of at least 4 members (excludes halogenated alkanes) is 17. The van der Waals surface area contributed by atoms with E-state index in [4.69, 9.17) is 0 Å². The van der Waals surface area contributed by atoms with E-state index in [1.807, 2.05) is 0 Å². The number of hydrogen-bond acceptors (Lipinski definition) is 0. The number of rotatable bonds is 24. The van der Waals surface area contributed by atoms with Crippen LogP contribution in [-0.4, -0.2) is 4.57 Å². The molecule has 1 unspecified atom stereocenters. The fourth-order valence-corrected chi connectivity index (χ4v) is 5.39. The largest absolute Gasteiger partial charge is 0.259 e. The quantitative estimate of drug-likeness (QED) is 0.107. The van der Waals surface area contributed by atoms with Crippen LogP contribution in [0.4, 0.5) is 0 Å². The molecule has 1 aromatic heterocycles. The summed E-state index contributed by atoms with van der Waals surface area (Å²) in [5.74, 6) is 2.32. The van der Waals surface area contributed by atoms with E-state index in [0.717, 1.165) is 12.5 Å². The minimum atomic E-state index is 0.729. The predicted molar refractivity (Wildman–Crippen MR) is 147 cm³/mol. The first-order valence-corrected chi connectivity index (χ1v) is 15.4. The van der Waals surface area contributed by atoms with Crippen LogP contribution in [0.25, 0.3) is 0 Å². The molecule has 1 atom stereocenters. The summed E-state index contributed by atoms with van der Waals surface area (Å²) in [6.07, 6.45) is 34.5. The second-order valence-corrected chi connectivity index (χ2v) is 10.5. The fraction of sp³-hybridized carbons (Fsp3) is 0.903. The molecule has 2 heteroatoms. The summed E-state index contributed by atoms with van der Waals surface area (Å²) >= 11 is 0. The number of imidazole rings is 1. The summed E-state index contributed by atoms with van der Waals surface area (Å²) in [6, 6.07) is 0. The van der Waals surface area contributed by atoms with Gasteiger partial charge >= 0.3 is 0 Å². The van der Waals surface area contributed by atoms with E-state index in [9.17, 15) is 0 Å². The molecule has 2 nitrogen and oxygen atoms in total. The van der Waals surface area contributed by atoms with Gasteiger partial charge in [0.15, 0.2) is 0 Å². The van der Waals surface area contributed by atoms with E-state index >= 15 is 0 Å². The lowest BCUT2D eigenvalue weighted by Crippen LogP contribution is -2.38. The Morgan fingerprint density at radius 2 is 1.06 bits per heavy atom. The van der Waals surface area contributed by atoms with Gasteiger partial charge < -0.3 is 0 Å². The molecule has 0 aliphatic heterocycles. The Balaban J connectivity index is 2.09. The summed E-state index contributed by atoms with van der Waals surface area (Å²) < 4.78 is 5.10. The van der Waals surface area contributed by atoms with Crippen LogP contribution in [0.15, 0.2) is 12.4 Å². The van der Waals surface area contributed by atoms with Crippen LogP contribution in [0.1, 0.15) is 174 Å². The van der Waals surface area contributed by atoms with Gasteiger partial charge in [0.25, 0.3) is 5.82 Å². The van der Waals surface area contributed by atoms with Crippen LogP contribution in [0.2, 0.25) is 0 Å². The molecular formula is C31H61N2+. The number of aryl methyl sites for hydroxylation is 2. The second kappa shape index (κ2) is 21.7. The molecule has 0 aliphatic rings. The Bertz CT molecular complexity index is 533. The van der Waals surface area contributed by atoms with Crippen LogP contribution in [0.3, 0.4) is 0 Å². The van der Waals surface area contributed by atoms with Gasteiger partial charge in [-0.3, -0.25) is 0 Å². The van der Waals surface area contributed by atoms with Gasteiger partial charge in [0, 0.05) is 0 Å². The Morgan fingerprint density at radius 3 is 1.52 bits per heavy atom. The number of hydrogen-bond donors (Lipinski definition) is 0. The molecule has 0 N–H and O–H groups in total. The van der Waals surface area contributed by atoms with E-state index in [0.29, 0.717) is 0 Å². The smallest absolute Gasteiger partial charge is 0.234 e. The lowest BCUT2D eigenvalue weighted by atomic mass is 9.97. The average molecular weight is 462 g/mol. The topological polar surface area (TPSA) is 8.81 Å². The molecule has 1 heterocycles. The number of aromatic nitrogens is 2. The van der Waals surface area contributed by atoms with Gasteiger partial charge in [0.05, 0.1) is 19.0 Å². The highest BCUT2D eigenvalue weighted by Crippen LogP contribution is 2.24. The summed E-state index contributed by atoms with van der Waals surface area (Å²) in [5.41, 5.74) is 0. The molecule has 0 bridgehead atoms. The van der Waals surface area contributed by atoms with Crippen molar-refractivity contribution in [2.45, 2.75) is 182 Å². The van der Waals surface area contributed by atoms with Crippen LogP contribution in [0.5, 0.6) is 0 Å². The van der Waals surface area contributed by atoms with Gasteiger partial charge in [-0.2, -0.15) is 0 Å². The lowest BCUT2D eigenvalue weighted by molar-refractivity contribution is -0.705. The molecule has 0 spiro atoms. The molecule has 0 aromatic carbocycles. The van der Waals surface area contributed by atoms with Gasteiger partial charge in [0.1, 0.15) is 12.4 Å². The molecule has 1 aromatic rings. The van der Waals surface area contributed by atoms with Crippen molar-refractivity contribution in [1.82, 2.24) is 4.57 Å². The molecule has 0 saturated carbocycles. The summed E-state index contributed by atoms with van der Waals surface area (Å²) in [7, 11) is 0. The van der Waals surface area contributed by atoms with E-state index < -0.39 is 0 Å². The third-order valence-electron chi connectivity index (χ3n) is 7.62. The van der Waals surface area contributed by atoms with E-state index in [-0.39, 0.29) is 0 Å². The first-order valence-electron chi connectivity index (χ1n) is 15.4. The average Bonchev–Trinajstić information content (AvgIpc) is 3.24. The third kappa shape index (κ3) is 14.3. The zero-order valence-corrected chi connectivity index (χ0v) is 23.4.